The van der Waals surface area contributed by atoms with Gasteiger partial charge in [-0.1, -0.05) is 37.3 Å². The quantitative estimate of drug-likeness (QED) is 0.851. The Hall–Kier alpha value is -0.860. The normalized spacial score (nSPS) is 30.4. The molecule has 1 aliphatic carbocycles. The fourth-order valence-corrected chi connectivity index (χ4v) is 5.02. The van der Waals surface area contributed by atoms with Crippen molar-refractivity contribution < 1.29 is 0 Å². The average molecular weight is 315 g/mol. The van der Waals surface area contributed by atoms with Gasteiger partial charge in [-0.3, -0.25) is 4.90 Å². The summed E-state index contributed by atoms with van der Waals surface area (Å²) < 4.78 is 0. The SMILES string of the molecule is CC(CCN)C1CCC(Cc2ccccc2)(N2CCCC2)CC1. The van der Waals surface area contributed by atoms with E-state index in [1.165, 1.54) is 70.0 Å². The summed E-state index contributed by atoms with van der Waals surface area (Å²) in [5.74, 6) is 1.69. The van der Waals surface area contributed by atoms with E-state index < -0.39 is 0 Å². The number of likely N-dealkylation sites (tertiary alicyclic amines) is 1. The lowest BCUT2D eigenvalue weighted by Crippen LogP contribution is -2.51. The number of hydrogen-bond donors (Lipinski definition) is 1. The molecule has 2 N–H and O–H groups in total. The van der Waals surface area contributed by atoms with Crippen LogP contribution in [0.5, 0.6) is 0 Å². The molecule has 1 aromatic rings. The predicted molar refractivity (Wildman–Crippen MR) is 98.5 cm³/mol. The van der Waals surface area contributed by atoms with Gasteiger partial charge in [0.15, 0.2) is 0 Å². The van der Waals surface area contributed by atoms with E-state index in [4.69, 9.17) is 5.73 Å². The summed E-state index contributed by atoms with van der Waals surface area (Å²) in [6.07, 6.45) is 10.8. The van der Waals surface area contributed by atoms with E-state index in [9.17, 15) is 0 Å². The fourth-order valence-electron chi connectivity index (χ4n) is 5.02. The summed E-state index contributed by atoms with van der Waals surface area (Å²) >= 11 is 0. The number of hydrogen-bond acceptors (Lipinski definition) is 2. The molecular formula is C21H34N2. The highest BCUT2D eigenvalue weighted by Gasteiger charge is 2.41. The van der Waals surface area contributed by atoms with Gasteiger partial charge in [-0.2, -0.15) is 0 Å². The van der Waals surface area contributed by atoms with Crippen molar-refractivity contribution in [2.24, 2.45) is 17.6 Å². The second-order valence-corrected chi connectivity index (χ2v) is 7.97. The molecule has 1 saturated carbocycles. The Balaban J connectivity index is 1.70. The maximum atomic E-state index is 5.78. The van der Waals surface area contributed by atoms with Crippen LogP contribution in [0.2, 0.25) is 0 Å². The van der Waals surface area contributed by atoms with Gasteiger partial charge in [0, 0.05) is 5.54 Å². The van der Waals surface area contributed by atoms with Crippen molar-refractivity contribution in [3.63, 3.8) is 0 Å². The molecular weight excluding hydrogens is 280 g/mol. The molecule has 0 spiro atoms. The minimum absolute atomic E-state index is 0.427. The Morgan fingerprint density at radius 1 is 1.13 bits per heavy atom. The molecule has 128 valence electrons. The van der Waals surface area contributed by atoms with Crippen LogP contribution in [0, 0.1) is 11.8 Å². The third-order valence-electron chi connectivity index (χ3n) is 6.54. The molecule has 1 saturated heterocycles. The molecule has 1 atom stereocenters. The van der Waals surface area contributed by atoms with E-state index in [0.717, 1.165) is 18.4 Å². The van der Waals surface area contributed by atoms with Crippen LogP contribution < -0.4 is 5.73 Å². The first-order valence-electron chi connectivity index (χ1n) is 9.72. The van der Waals surface area contributed by atoms with Gasteiger partial charge in [-0.05, 0) is 88.4 Å². The van der Waals surface area contributed by atoms with Crippen LogP contribution in [0.25, 0.3) is 0 Å². The highest BCUT2D eigenvalue weighted by Crippen LogP contribution is 2.43. The van der Waals surface area contributed by atoms with Gasteiger partial charge in [-0.25, -0.2) is 0 Å². The zero-order chi connectivity index (χ0) is 16.1. The maximum absolute atomic E-state index is 5.78. The van der Waals surface area contributed by atoms with E-state index in [-0.39, 0.29) is 0 Å². The van der Waals surface area contributed by atoms with Crippen LogP contribution in [0.15, 0.2) is 30.3 Å². The Bertz CT molecular complexity index is 456. The Morgan fingerprint density at radius 3 is 2.39 bits per heavy atom. The van der Waals surface area contributed by atoms with Gasteiger partial charge in [0.05, 0.1) is 0 Å². The monoisotopic (exact) mass is 314 g/mol. The van der Waals surface area contributed by atoms with Crippen molar-refractivity contribution in [3.8, 4) is 0 Å². The molecule has 1 aliphatic heterocycles. The van der Waals surface area contributed by atoms with Crippen LogP contribution in [-0.4, -0.2) is 30.1 Å². The fraction of sp³-hybridized carbons (Fsp3) is 0.714. The molecule has 2 nitrogen and oxygen atoms in total. The molecule has 1 unspecified atom stereocenters. The van der Waals surface area contributed by atoms with E-state index in [2.05, 4.69) is 42.2 Å². The lowest BCUT2D eigenvalue weighted by atomic mass is 9.69. The van der Waals surface area contributed by atoms with Crippen molar-refractivity contribution in [1.82, 2.24) is 4.90 Å². The molecule has 0 radical (unpaired) electrons. The summed E-state index contributed by atoms with van der Waals surface area (Å²) in [7, 11) is 0. The van der Waals surface area contributed by atoms with Crippen LogP contribution in [0.4, 0.5) is 0 Å². The van der Waals surface area contributed by atoms with Crippen LogP contribution in [-0.2, 0) is 6.42 Å². The lowest BCUT2D eigenvalue weighted by Gasteiger charge is -2.48. The number of nitrogens with zero attached hydrogens (tertiary/aromatic N) is 1. The summed E-state index contributed by atoms with van der Waals surface area (Å²) in [6.45, 7) is 5.89. The van der Waals surface area contributed by atoms with Gasteiger partial charge in [0.2, 0.25) is 0 Å². The summed E-state index contributed by atoms with van der Waals surface area (Å²) in [4.78, 5) is 2.84. The molecule has 0 amide bonds. The maximum Gasteiger partial charge on any atom is 0.0250 e. The van der Waals surface area contributed by atoms with Crippen molar-refractivity contribution in [2.75, 3.05) is 19.6 Å². The Labute approximate surface area is 142 Å². The minimum Gasteiger partial charge on any atom is -0.330 e. The molecule has 2 aliphatic rings. The van der Waals surface area contributed by atoms with Crippen LogP contribution >= 0.6 is 0 Å². The Kier molecular flexibility index (Phi) is 5.76. The first-order chi connectivity index (χ1) is 11.2. The molecule has 2 heteroatoms. The summed E-state index contributed by atoms with van der Waals surface area (Å²) in [5, 5.41) is 0. The Morgan fingerprint density at radius 2 is 1.78 bits per heavy atom. The molecule has 23 heavy (non-hydrogen) atoms. The molecule has 0 aromatic heterocycles. The van der Waals surface area contributed by atoms with E-state index in [1.807, 2.05) is 0 Å². The van der Waals surface area contributed by atoms with Crippen LogP contribution in [0.3, 0.4) is 0 Å². The van der Waals surface area contributed by atoms with E-state index in [0.29, 0.717) is 5.54 Å². The van der Waals surface area contributed by atoms with Gasteiger partial charge in [0.1, 0.15) is 0 Å². The largest absolute Gasteiger partial charge is 0.330 e. The van der Waals surface area contributed by atoms with E-state index in [1.54, 1.807) is 0 Å². The minimum atomic E-state index is 0.427. The zero-order valence-corrected chi connectivity index (χ0v) is 14.8. The second-order valence-electron chi connectivity index (χ2n) is 7.97. The zero-order valence-electron chi connectivity index (χ0n) is 14.8. The molecule has 2 fully saturated rings. The van der Waals surface area contributed by atoms with Gasteiger partial charge in [-0.15, -0.1) is 0 Å². The second kappa shape index (κ2) is 7.81. The predicted octanol–water partition coefficient (Wildman–Crippen LogP) is 4.24. The third kappa shape index (κ3) is 3.97. The highest BCUT2D eigenvalue weighted by molar-refractivity contribution is 5.19. The third-order valence-corrected chi connectivity index (χ3v) is 6.54. The van der Waals surface area contributed by atoms with Gasteiger partial charge in [0.25, 0.3) is 0 Å². The summed E-state index contributed by atoms with van der Waals surface area (Å²) in [5.41, 5.74) is 7.73. The number of rotatable bonds is 6. The van der Waals surface area contributed by atoms with Crippen molar-refractivity contribution in [1.29, 1.82) is 0 Å². The number of nitrogens with two attached hydrogens (primary N) is 1. The molecule has 0 bridgehead atoms. The standard InChI is InChI=1S/C21H34N2/c1-18(11-14-22)20-9-12-21(13-10-20,23-15-5-6-16-23)17-19-7-3-2-4-8-19/h2-4,7-8,18,20H,5-6,9-17,22H2,1H3. The smallest absolute Gasteiger partial charge is 0.0250 e. The van der Waals surface area contributed by atoms with Gasteiger partial charge < -0.3 is 5.73 Å². The lowest BCUT2D eigenvalue weighted by molar-refractivity contribution is 0.0443. The average Bonchev–Trinajstić information content (AvgIpc) is 3.12. The number of benzene rings is 1. The molecule has 3 rings (SSSR count). The topological polar surface area (TPSA) is 29.3 Å². The van der Waals surface area contributed by atoms with Crippen molar-refractivity contribution in [2.45, 2.75) is 63.8 Å². The first-order valence-corrected chi connectivity index (χ1v) is 9.72. The molecule has 1 heterocycles. The van der Waals surface area contributed by atoms with Gasteiger partial charge >= 0.3 is 0 Å². The van der Waals surface area contributed by atoms with E-state index >= 15 is 0 Å². The van der Waals surface area contributed by atoms with Crippen molar-refractivity contribution >= 4 is 0 Å². The summed E-state index contributed by atoms with van der Waals surface area (Å²) in [6, 6.07) is 11.2. The molecule has 1 aromatic carbocycles. The van der Waals surface area contributed by atoms with Crippen LogP contribution in [0.1, 0.15) is 57.4 Å². The highest BCUT2D eigenvalue weighted by atomic mass is 15.2. The first kappa shape index (κ1) is 17.0. The van der Waals surface area contributed by atoms with Crippen molar-refractivity contribution in [3.05, 3.63) is 35.9 Å².